The van der Waals surface area contributed by atoms with Gasteiger partial charge in [0.2, 0.25) is 0 Å². The summed E-state index contributed by atoms with van der Waals surface area (Å²) in [5.74, 6) is 0.670. The summed E-state index contributed by atoms with van der Waals surface area (Å²) in [6.07, 6.45) is 1.74. The minimum atomic E-state index is -1.14. The van der Waals surface area contributed by atoms with Crippen LogP contribution < -0.4 is 15.4 Å². The minimum Gasteiger partial charge on any atom is -0.497 e. The maximum absolute atomic E-state index is 13.1. The van der Waals surface area contributed by atoms with Crippen molar-refractivity contribution < 1.29 is 14.3 Å². The number of ether oxygens (including phenoxy) is 1. The number of nitrogens with zero attached hydrogens (tertiary/aromatic N) is 2. The molecule has 2 aliphatic rings. The molecule has 2 aliphatic heterocycles. The second-order valence-corrected chi connectivity index (χ2v) is 7.94. The Morgan fingerprint density at radius 2 is 1.94 bits per heavy atom. The van der Waals surface area contributed by atoms with Crippen molar-refractivity contribution in [1.29, 1.82) is 0 Å². The molecule has 7 nitrogen and oxygen atoms in total. The second-order valence-electron chi connectivity index (χ2n) is 7.94. The van der Waals surface area contributed by atoms with E-state index in [1.54, 1.807) is 24.3 Å². The number of carbonyl (C=O) groups is 2. The highest BCUT2D eigenvalue weighted by Gasteiger charge is 2.48. The molecular weight excluding hydrogens is 404 g/mol. The van der Waals surface area contributed by atoms with Crippen LogP contribution in [0.15, 0.2) is 79.3 Å². The van der Waals surface area contributed by atoms with Gasteiger partial charge in [0.25, 0.3) is 11.8 Å². The van der Waals surface area contributed by atoms with Gasteiger partial charge in [-0.2, -0.15) is 0 Å². The first-order valence-electron chi connectivity index (χ1n) is 10.3. The Morgan fingerprint density at radius 3 is 2.59 bits per heavy atom. The van der Waals surface area contributed by atoms with Crippen LogP contribution in [0.3, 0.4) is 0 Å². The molecule has 0 radical (unpaired) electrons. The predicted octanol–water partition coefficient (Wildman–Crippen LogP) is 2.80. The molecule has 2 N–H and O–H groups in total. The smallest absolute Gasteiger partial charge is 0.257 e. The molecule has 32 heavy (non-hydrogen) atoms. The SMILES string of the molecule is C=C1NC(=O)[C@](CN2Cc3ccc(OC)cc3C2=O)(c2ccc(-c3ccccn3)cc2)N1. The number of hydrogen-bond acceptors (Lipinski definition) is 5. The number of nitrogens with one attached hydrogen (secondary N) is 2. The molecular formula is C25H22N4O3. The summed E-state index contributed by atoms with van der Waals surface area (Å²) < 4.78 is 5.26. The van der Waals surface area contributed by atoms with Gasteiger partial charge in [-0.05, 0) is 35.4 Å². The maximum Gasteiger partial charge on any atom is 0.257 e. The summed E-state index contributed by atoms with van der Waals surface area (Å²) >= 11 is 0. The van der Waals surface area contributed by atoms with E-state index in [0.29, 0.717) is 23.7 Å². The third kappa shape index (κ3) is 3.19. The summed E-state index contributed by atoms with van der Waals surface area (Å²) in [5.41, 5.74) is 2.91. The van der Waals surface area contributed by atoms with E-state index >= 15 is 0 Å². The lowest BCUT2D eigenvalue weighted by Crippen LogP contribution is -2.52. The Hall–Kier alpha value is -4.13. The minimum absolute atomic E-state index is 0.129. The van der Waals surface area contributed by atoms with E-state index in [9.17, 15) is 9.59 Å². The predicted molar refractivity (Wildman–Crippen MR) is 120 cm³/mol. The molecule has 0 aliphatic carbocycles. The summed E-state index contributed by atoms with van der Waals surface area (Å²) in [6.45, 7) is 4.46. The van der Waals surface area contributed by atoms with Gasteiger partial charge in [0.1, 0.15) is 5.75 Å². The van der Waals surface area contributed by atoms with Crippen molar-refractivity contribution in [1.82, 2.24) is 20.5 Å². The fourth-order valence-electron chi connectivity index (χ4n) is 4.34. The molecule has 0 saturated carbocycles. The molecule has 3 aromatic rings. The Labute approximate surface area is 185 Å². The Morgan fingerprint density at radius 1 is 1.12 bits per heavy atom. The lowest BCUT2D eigenvalue weighted by atomic mass is 9.88. The highest BCUT2D eigenvalue weighted by molar-refractivity contribution is 6.00. The number of amides is 2. The number of benzene rings is 2. The van der Waals surface area contributed by atoms with Crippen molar-refractivity contribution in [3.05, 3.63) is 96.0 Å². The molecule has 2 aromatic carbocycles. The van der Waals surface area contributed by atoms with E-state index in [-0.39, 0.29) is 18.4 Å². The summed E-state index contributed by atoms with van der Waals surface area (Å²) in [5, 5.41) is 5.97. The van der Waals surface area contributed by atoms with Gasteiger partial charge in [-0.15, -0.1) is 0 Å². The third-order valence-electron chi connectivity index (χ3n) is 5.98. The molecule has 1 atom stereocenters. The van der Waals surface area contributed by atoms with Crippen LogP contribution in [0.4, 0.5) is 0 Å². The zero-order valence-electron chi connectivity index (χ0n) is 17.6. The number of fused-ring (bicyclic) bond motifs is 1. The van der Waals surface area contributed by atoms with Gasteiger partial charge in [0.15, 0.2) is 5.54 Å². The average molecular weight is 426 g/mol. The van der Waals surface area contributed by atoms with Gasteiger partial charge < -0.3 is 20.3 Å². The van der Waals surface area contributed by atoms with E-state index in [1.807, 2.05) is 54.6 Å². The van der Waals surface area contributed by atoms with Crippen LogP contribution in [0.2, 0.25) is 0 Å². The van der Waals surface area contributed by atoms with E-state index < -0.39 is 5.54 Å². The van der Waals surface area contributed by atoms with Crippen LogP contribution in [0.5, 0.6) is 5.75 Å². The molecule has 0 unspecified atom stereocenters. The van der Waals surface area contributed by atoms with Gasteiger partial charge in [-0.3, -0.25) is 14.6 Å². The van der Waals surface area contributed by atoms with Gasteiger partial charge in [-0.25, -0.2) is 0 Å². The topological polar surface area (TPSA) is 83.6 Å². The van der Waals surface area contributed by atoms with Crippen molar-refractivity contribution in [3.8, 4) is 17.0 Å². The van der Waals surface area contributed by atoms with Crippen molar-refractivity contribution in [2.24, 2.45) is 0 Å². The van der Waals surface area contributed by atoms with E-state index in [4.69, 9.17) is 4.74 Å². The van der Waals surface area contributed by atoms with Crippen LogP contribution in [0, 0.1) is 0 Å². The van der Waals surface area contributed by atoms with Gasteiger partial charge >= 0.3 is 0 Å². The molecule has 0 bridgehead atoms. The molecule has 160 valence electrons. The summed E-state index contributed by atoms with van der Waals surface area (Å²) in [4.78, 5) is 32.3. The number of methoxy groups -OCH3 is 1. The molecule has 0 spiro atoms. The second kappa shape index (κ2) is 7.53. The molecule has 7 heteroatoms. The monoisotopic (exact) mass is 426 g/mol. The zero-order valence-corrected chi connectivity index (χ0v) is 17.6. The quantitative estimate of drug-likeness (QED) is 0.656. The summed E-state index contributed by atoms with van der Waals surface area (Å²) in [6, 6.07) is 18.9. The summed E-state index contributed by atoms with van der Waals surface area (Å²) in [7, 11) is 1.57. The maximum atomic E-state index is 13.1. The first kappa shape index (κ1) is 19.8. The highest BCUT2D eigenvalue weighted by atomic mass is 16.5. The number of pyridine rings is 1. The number of rotatable bonds is 5. The van der Waals surface area contributed by atoms with E-state index in [2.05, 4.69) is 22.2 Å². The number of hydrogen-bond donors (Lipinski definition) is 2. The number of aromatic nitrogens is 1. The Bertz CT molecular complexity index is 1220. The lowest BCUT2D eigenvalue weighted by molar-refractivity contribution is -0.124. The largest absolute Gasteiger partial charge is 0.497 e. The fourth-order valence-corrected chi connectivity index (χ4v) is 4.34. The molecule has 1 fully saturated rings. The fraction of sp³-hybridized carbons (Fsp3) is 0.160. The van der Waals surface area contributed by atoms with E-state index in [1.165, 1.54) is 0 Å². The van der Waals surface area contributed by atoms with Crippen LogP contribution in [-0.4, -0.2) is 35.4 Å². The van der Waals surface area contributed by atoms with Crippen LogP contribution in [0.25, 0.3) is 11.3 Å². The Balaban J connectivity index is 1.48. The standard InChI is InChI=1S/C25H22N4O3/c1-16-27-24(31)25(28-16,19-9-6-17(7-10-19)22-5-3-4-12-26-22)15-29-14-18-8-11-20(32-2)13-21(18)23(29)30/h3-13,28H,1,14-15H2,2H3,(H,27,31)/t25-/m0/s1. The van der Waals surface area contributed by atoms with Crippen molar-refractivity contribution >= 4 is 11.8 Å². The molecule has 1 saturated heterocycles. The van der Waals surface area contributed by atoms with Crippen molar-refractivity contribution in [2.45, 2.75) is 12.1 Å². The van der Waals surface area contributed by atoms with Crippen LogP contribution >= 0.6 is 0 Å². The van der Waals surface area contributed by atoms with E-state index in [0.717, 1.165) is 22.4 Å². The first-order valence-corrected chi connectivity index (χ1v) is 10.3. The van der Waals surface area contributed by atoms with Gasteiger partial charge in [0.05, 0.1) is 25.2 Å². The highest BCUT2D eigenvalue weighted by Crippen LogP contribution is 2.34. The van der Waals surface area contributed by atoms with Crippen molar-refractivity contribution in [2.75, 3.05) is 13.7 Å². The van der Waals surface area contributed by atoms with Crippen LogP contribution in [-0.2, 0) is 16.9 Å². The van der Waals surface area contributed by atoms with Gasteiger partial charge in [0, 0.05) is 23.9 Å². The normalized spacial score (nSPS) is 19.5. The zero-order chi connectivity index (χ0) is 22.3. The number of carbonyl (C=O) groups excluding carboxylic acids is 2. The average Bonchev–Trinajstić information content (AvgIpc) is 3.29. The van der Waals surface area contributed by atoms with Gasteiger partial charge in [-0.1, -0.05) is 43.0 Å². The lowest BCUT2D eigenvalue weighted by Gasteiger charge is -2.32. The van der Waals surface area contributed by atoms with Crippen molar-refractivity contribution in [3.63, 3.8) is 0 Å². The Kier molecular flexibility index (Phi) is 4.66. The molecule has 5 rings (SSSR count). The van der Waals surface area contributed by atoms with Crippen LogP contribution in [0.1, 0.15) is 21.5 Å². The molecule has 3 heterocycles. The molecule has 1 aromatic heterocycles. The first-order chi connectivity index (χ1) is 15.5. The third-order valence-corrected chi connectivity index (χ3v) is 5.98. The molecule has 2 amide bonds.